The fourth-order valence-corrected chi connectivity index (χ4v) is 7.71. The molecule has 2 aromatic rings. The summed E-state index contributed by atoms with van der Waals surface area (Å²) >= 11 is 0. The van der Waals surface area contributed by atoms with Crippen molar-refractivity contribution in [3.8, 4) is 5.75 Å². The van der Waals surface area contributed by atoms with E-state index in [0.29, 0.717) is 35.4 Å². The van der Waals surface area contributed by atoms with Gasteiger partial charge in [0.15, 0.2) is 11.6 Å². The molecule has 40 heavy (non-hydrogen) atoms. The minimum atomic E-state index is -1.02. The van der Waals surface area contributed by atoms with Gasteiger partial charge in [-0.1, -0.05) is 48.9 Å². The van der Waals surface area contributed by atoms with Gasteiger partial charge < -0.3 is 9.84 Å². The minimum Gasteiger partial charge on any atom is -0.491 e. The first-order valence-corrected chi connectivity index (χ1v) is 13.9. The van der Waals surface area contributed by atoms with E-state index in [1.165, 1.54) is 4.90 Å². The van der Waals surface area contributed by atoms with E-state index in [9.17, 15) is 19.2 Å². The molecule has 6 rings (SSSR count). The molecule has 0 radical (unpaired) electrons. The highest BCUT2D eigenvalue weighted by atomic mass is 16.5. The number of rotatable bonds is 5. The van der Waals surface area contributed by atoms with Crippen molar-refractivity contribution in [2.24, 2.45) is 29.1 Å². The lowest BCUT2D eigenvalue weighted by Crippen LogP contribution is -2.55. The highest BCUT2D eigenvalue weighted by molar-refractivity contribution is 6.22. The molecule has 206 valence electrons. The maximum Gasteiger partial charge on any atom is 0.238 e. The zero-order valence-electron chi connectivity index (χ0n) is 22.9. The molecule has 1 N–H and O–H groups in total. The fraction of sp³-hybridized carbons (Fsp3) is 0.394. The van der Waals surface area contributed by atoms with Gasteiger partial charge in [-0.25, -0.2) is 0 Å². The Labute approximate surface area is 233 Å². The number of aliphatic hydroxyl groups is 1. The monoisotopic (exact) mass is 539 g/mol. The van der Waals surface area contributed by atoms with Crippen molar-refractivity contribution in [3.63, 3.8) is 0 Å². The summed E-state index contributed by atoms with van der Waals surface area (Å²) in [6.45, 7) is 5.41. The molecule has 7 nitrogen and oxygen atoms in total. The van der Waals surface area contributed by atoms with Crippen LogP contribution >= 0.6 is 0 Å². The lowest BCUT2D eigenvalue weighted by molar-refractivity contribution is -0.142. The van der Waals surface area contributed by atoms with E-state index >= 15 is 0 Å². The molecule has 2 fully saturated rings. The van der Waals surface area contributed by atoms with Crippen LogP contribution in [0.4, 0.5) is 5.69 Å². The maximum absolute atomic E-state index is 14.1. The minimum absolute atomic E-state index is 0.0404. The number of Topliss-reactive ketones (excluding diaryl/α,β-unsaturated/α-hetero) is 2. The van der Waals surface area contributed by atoms with E-state index in [1.807, 2.05) is 37.3 Å². The number of fused-ring (bicyclic) bond motifs is 4. The Morgan fingerprint density at radius 2 is 1.62 bits per heavy atom. The van der Waals surface area contributed by atoms with Crippen LogP contribution in [-0.4, -0.2) is 41.7 Å². The topological polar surface area (TPSA) is 101 Å². The largest absolute Gasteiger partial charge is 0.491 e. The first kappa shape index (κ1) is 26.4. The number of ether oxygens (including phenoxy) is 1. The van der Waals surface area contributed by atoms with Gasteiger partial charge >= 0.3 is 0 Å². The fourth-order valence-electron chi connectivity index (χ4n) is 7.71. The van der Waals surface area contributed by atoms with Gasteiger partial charge in [-0.2, -0.15) is 0 Å². The van der Waals surface area contributed by atoms with Crippen LogP contribution in [0.2, 0.25) is 0 Å². The quantitative estimate of drug-likeness (QED) is 0.446. The van der Waals surface area contributed by atoms with Crippen LogP contribution in [0.15, 0.2) is 77.4 Å². The van der Waals surface area contributed by atoms with E-state index in [1.54, 1.807) is 38.1 Å². The Bertz CT molecular complexity index is 1470. The van der Waals surface area contributed by atoms with E-state index < -0.39 is 29.1 Å². The molecule has 1 heterocycles. The van der Waals surface area contributed by atoms with Crippen LogP contribution in [0.5, 0.6) is 5.75 Å². The summed E-state index contributed by atoms with van der Waals surface area (Å²) in [5.41, 5.74) is 2.35. The number of carbonyl (C=O) groups is 4. The Morgan fingerprint density at radius 3 is 2.30 bits per heavy atom. The number of anilines is 1. The van der Waals surface area contributed by atoms with E-state index in [-0.39, 0.29) is 42.5 Å². The maximum atomic E-state index is 14.1. The first-order valence-electron chi connectivity index (χ1n) is 13.9. The summed E-state index contributed by atoms with van der Waals surface area (Å²) in [5.74, 6) is -2.37. The van der Waals surface area contributed by atoms with E-state index in [2.05, 4.69) is 6.08 Å². The molecule has 0 spiro atoms. The molecule has 4 aliphatic rings. The summed E-state index contributed by atoms with van der Waals surface area (Å²) in [5, 5.41) is 9.12. The third-order valence-corrected chi connectivity index (χ3v) is 9.76. The van der Waals surface area contributed by atoms with Crippen molar-refractivity contribution in [2.75, 3.05) is 18.1 Å². The Morgan fingerprint density at radius 1 is 0.925 bits per heavy atom. The Kier molecular flexibility index (Phi) is 6.37. The first-order chi connectivity index (χ1) is 19.2. The normalized spacial score (nSPS) is 31.6. The zero-order chi connectivity index (χ0) is 28.3. The Balaban J connectivity index is 1.47. The van der Waals surface area contributed by atoms with Gasteiger partial charge in [-0.05, 0) is 73.6 Å². The lowest BCUT2D eigenvalue weighted by atomic mass is 9.46. The van der Waals surface area contributed by atoms with Gasteiger partial charge in [-0.15, -0.1) is 0 Å². The number of nitrogens with zero attached hydrogens (tertiary/aromatic N) is 1. The number of benzene rings is 2. The lowest BCUT2D eigenvalue weighted by Gasteiger charge is -2.54. The average molecular weight is 540 g/mol. The highest BCUT2D eigenvalue weighted by Crippen LogP contribution is 2.63. The number of amides is 2. The summed E-state index contributed by atoms with van der Waals surface area (Å²) in [6, 6.07) is 16.4. The molecule has 7 heteroatoms. The molecule has 2 amide bonds. The van der Waals surface area contributed by atoms with Crippen LogP contribution < -0.4 is 9.64 Å². The zero-order valence-corrected chi connectivity index (χ0v) is 22.9. The van der Waals surface area contributed by atoms with Crippen molar-refractivity contribution in [1.82, 2.24) is 0 Å². The molecule has 0 unspecified atom stereocenters. The van der Waals surface area contributed by atoms with Gasteiger partial charge in [-0.3, -0.25) is 24.1 Å². The number of carbonyl (C=O) groups excluding carboxylic acids is 4. The highest BCUT2D eigenvalue weighted by Gasteiger charge is 2.64. The second-order valence-electron chi connectivity index (χ2n) is 11.6. The number of hydrogen-bond acceptors (Lipinski definition) is 6. The van der Waals surface area contributed by atoms with E-state index in [4.69, 9.17) is 9.84 Å². The number of imide groups is 1. The third kappa shape index (κ3) is 3.67. The number of para-hydroxylation sites is 1. The SMILES string of the molecule is CC1=C(C)C(=O)[C@@]2(C)[C@@H](c3ccc(OCCO)cc3)C3=CC[C@@H]4C(=O)N(c5ccccc5)C(=O)[C@@H]4[C@@H]3C[C@H]2C1=O. The molecule has 0 aromatic heterocycles. The van der Waals surface area contributed by atoms with Crippen LogP contribution in [-0.2, 0) is 19.2 Å². The molecule has 3 aliphatic carbocycles. The van der Waals surface area contributed by atoms with Crippen molar-refractivity contribution >= 4 is 29.1 Å². The standard InChI is InChI=1S/C33H33NO6/c1-18-19(2)30(37)33(3)26(29(18)36)17-25-23(28(33)20-9-11-22(12-10-20)40-16-15-35)13-14-24-27(25)32(39)34(31(24)38)21-7-5-4-6-8-21/h4-13,24-28,35H,14-17H2,1-3H3/t24-,25+,26-,27-,28-,33+/m0/s1. The predicted octanol–water partition coefficient (Wildman–Crippen LogP) is 4.41. The number of allylic oxidation sites excluding steroid dienone is 4. The summed E-state index contributed by atoms with van der Waals surface area (Å²) in [6.07, 6.45) is 2.83. The molecule has 0 bridgehead atoms. The van der Waals surface area contributed by atoms with Crippen molar-refractivity contribution in [3.05, 3.63) is 83.0 Å². The Hall–Kier alpha value is -3.84. The predicted molar refractivity (Wildman–Crippen MR) is 148 cm³/mol. The van der Waals surface area contributed by atoms with Gasteiger partial charge in [0.1, 0.15) is 12.4 Å². The molecule has 1 saturated carbocycles. The number of aliphatic hydroxyl groups excluding tert-OH is 1. The van der Waals surface area contributed by atoms with Crippen molar-refractivity contribution < 1.29 is 29.0 Å². The summed E-state index contributed by atoms with van der Waals surface area (Å²) in [4.78, 5) is 56.8. The number of ketones is 2. The number of hydrogen-bond donors (Lipinski definition) is 1. The van der Waals surface area contributed by atoms with Gasteiger partial charge in [0.2, 0.25) is 11.8 Å². The summed E-state index contributed by atoms with van der Waals surface area (Å²) < 4.78 is 5.56. The van der Waals surface area contributed by atoms with Crippen LogP contribution in [0.25, 0.3) is 0 Å². The molecular weight excluding hydrogens is 506 g/mol. The molecule has 1 saturated heterocycles. The van der Waals surface area contributed by atoms with Crippen molar-refractivity contribution in [2.45, 2.75) is 39.5 Å². The van der Waals surface area contributed by atoms with Gasteiger partial charge in [0.05, 0.1) is 29.5 Å². The molecule has 6 atom stereocenters. The van der Waals surface area contributed by atoms with Crippen LogP contribution in [0.1, 0.15) is 45.1 Å². The van der Waals surface area contributed by atoms with Crippen LogP contribution in [0, 0.1) is 29.1 Å². The van der Waals surface area contributed by atoms with Gasteiger partial charge in [0.25, 0.3) is 0 Å². The third-order valence-electron chi connectivity index (χ3n) is 9.76. The smallest absolute Gasteiger partial charge is 0.238 e. The van der Waals surface area contributed by atoms with E-state index in [0.717, 1.165) is 11.1 Å². The molecule has 2 aromatic carbocycles. The van der Waals surface area contributed by atoms with Crippen LogP contribution in [0.3, 0.4) is 0 Å². The van der Waals surface area contributed by atoms with Gasteiger partial charge in [0, 0.05) is 11.8 Å². The molecule has 1 aliphatic heterocycles. The second kappa shape index (κ2) is 9.66. The second-order valence-corrected chi connectivity index (χ2v) is 11.6. The molecular formula is C33H33NO6. The summed E-state index contributed by atoms with van der Waals surface area (Å²) in [7, 11) is 0. The van der Waals surface area contributed by atoms with Crippen molar-refractivity contribution in [1.29, 1.82) is 0 Å². The average Bonchev–Trinajstić information content (AvgIpc) is 3.23.